The number of benzene rings is 1. The lowest BCUT2D eigenvalue weighted by atomic mass is 9.72. The lowest BCUT2D eigenvalue weighted by Gasteiger charge is -2.43. The summed E-state index contributed by atoms with van der Waals surface area (Å²) in [5.41, 5.74) is 3.21. The van der Waals surface area contributed by atoms with Crippen molar-refractivity contribution in [3.63, 3.8) is 0 Å². The summed E-state index contributed by atoms with van der Waals surface area (Å²) >= 11 is 0. The van der Waals surface area contributed by atoms with E-state index in [0.717, 1.165) is 17.9 Å². The van der Waals surface area contributed by atoms with Gasteiger partial charge in [0.1, 0.15) is 0 Å². The van der Waals surface area contributed by atoms with E-state index in [4.69, 9.17) is 0 Å². The third kappa shape index (κ3) is 1.07. The summed E-state index contributed by atoms with van der Waals surface area (Å²) in [6, 6.07) is 10.0. The van der Waals surface area contributed by atoms with Crippen LogP contribution in [0, 0.1) is 5.92 Å². The summed E-state index contributed by atoms with van der Waals surface area (Å²) in [4.78, 5) is 2.73. The Balaban J connectivity index is 1.85. The molecule has 3 atom stereocenters. The number of nitrogens with zero attached hydrogens (tertiary/aromatic N) is 1. The smallest absolute Gasteiger partial charge is 0.0405 e. The number of rotatable bonds is 0. The van der Waals surface area contributed by atoms with E-state index in [2.05, 4.69) is 29.2 Å². The van der Waals surface area contributed by atoms with Crippen LogP contribution in [0.2, 0.25) is 0 Å². The summed E-state index contributed by atoms with van der Waals surface area (Å²) in [6.07, 6.45) is 7.24. The maximum Gasteiger partial charge on any atom is 0.0405 e. The van der Waals surface area contributed by atoms with Crippen LogP contribution < -0.4 is 4.90 Å². The van der Waals surface area contributed by atoms with E-state index in [9.17, 15) is 0 Å². The molecule has 1 nitrogen and oxygen atoms in total. The molecule has 1 saturated carbocycles. The summed E-state index contributed by atoms with van der Waals surface area (Å²) in [5.74, 6) is 1.84. The van der Waals surface area contributed by atoms with Gasteiger partial charge in [0.2, 0.25) is 0 Å². The highest BCUT2D eigenvalue weighted by atomic mass is 15.2. The first-order chi connectivity index (χ1) is 7.95. The Labute approximate surface area is 97.5 Å². The molecule has 0 radical (unpaired) electrons. The van der Waals surface area contributed by atoms with Crippen molar-refractivity contribution in [3.8, 4) is 0 Å². The van der Waals surface area contributed by atoms with Gasteiger partial charge in [-0.3, -0.25) is 0 Å². The molecule has 0 bridgehead atoms. The second kappa shape index (κ2) is 3.26. The Morgan fingerprint density at radius 1 is 1.00 bits per heavy atom. The highest BCUT2D eigenvalue weighted by Gasteiger charge is 2.45. The highest BCUT2D eigenvalue weighted by molar-refractivity contribution is 5.62. The number of anilines is 1. The number of para-hydroxylation sites is 1. The molecule has 0 spiro atoms. The molecule has 1 aliphatic carbocycles. The van der Waals surface area contributed by atoms with Crippen molar-refractivity contribution in [1.82, 2.24) is 0 Å². The maximum atomic E-state index is 2.73. The molecular weight excluding hydrogens is 194 g/mol. The Hall–Kier alpha value is -0.980. The van der Waals surface area contributed by atoms with E-state index in [1.54, 1.807) is 11.3 Å². The molecule has 4 rings (SSSR count). The third-order valence-corrected chi connectivity index (χ3v) is 4.96. The molecule has 1 heteroatoms. The Bertz CT molecular complexity index is 375. The number of hydrogen-bond donors (Lipinski definition) is 0. The van der Waals surface area contributed by atoms with E-state index in [-0.39, 0.29) is 0 Å². The van der Waals surface area contributed by atoms with Crippen LogP contribution in [0.1, 0.15) is 43.6 Å². The quantitative estimate of drug-likeness (QED) is 0.637. The third-order valence-electron chi connectivity index (χ3n) is 4.96. The number of fused-ring (bicyclic) bond motifs is 3. The average molecular weight is 213 g/mol. The molecule has 16 heavy (non-hydrogen) atoms. The molecule has 1 aromatic carbocycles. The van der Waals surface area contributed by atoms with Crippen molar-refractivity contribution >= 4 is 5.69 Å². The molecule has 1 saturated heterocycles. The summed E-state index contributed by atoms with van der Waals surface area (Å²) in [5, 5.41) is 0. The molecule has 0 aromatic heterocycles. The Kier molecular flexibility index (Phi) is 1.85. The number of hydrogen-bond acceptors (Lipinski definition) is 1. The predicted molar refractivity (Wildman–Crippen MR) is 66.9 cm³/mol. The van der Waals surface area contributed by atoms with Gasteiger partial charge in [0, 0.05) is 24.2 Å². The van der Waals surface area contributed by atoms with Gasteiger partial charge in [-0.25, -0.2) is 0 Å². The van der Waals surface area contributed by atoms with Gasteiger partial charge < -0.3 is 4.90 Å². The van der Waals surface area contributed by atoms with Crippen LogP contribution in [0.4, 0.5) is 5.69 Å². The zero-order valence-corrected chi connectivity index (χ0v) is 9.73. The summed E-state index contributed by atoms with van der Waals surface area (Å²) < 4.78 is 0. The first-order valence-electron chi connectivity index (χ1n) is 6.81. The minimum absolute atomic E-state index is 0.857. The van der Waals surface area contributed by atoms with Gasteiger partial charge in [0.05, 0.1) is 0 Å². The number of piperidine rings is 1. The zero-order chi connectivity index (χ0) is 10.5. The second-order valence-corrected chi connectivity index (χ2v) is 5.68. The van der Waals surface area contributed by atoms with E-state index in [1.165, 1.54) is 38.6 Å². The SMILES string of the molecule is c1ccc2c(c1)[C@@H]1CCC[C@@H]3CCCN2[C@@H]31. The molecule has 0 N–H and O–H groups in total. The van der Waals surface area contributed by atoms with Crippen LogP contribution in [0.25, 0.3) is 0 Å². The van der Waals surface area contributed by atoms with Crippen molar-refractivity contribution in [2.75, 3.05) is 11.4 Å². The Morgan fingerprint density at radius 2 is 1.88 bits per heavy atom. The minimum Gasteiger partial charge on any atom is -0.367 e. The van der Waals surface area contributed by atoms with Gasteiger partial charge >= 0.3 is 0 Å². The minimum atomic E-state index is 0.857. The van der Waals surface area contributed by atoms with Crippen molar-refractivity contribution < 1.29 is 0 Å². The van der Waals surface area contributed by atoms with E-state index < -0.39 is 0 Å². The predicted octanol–water partition coefficient (Wildman–Crippen LogP) is 3.55. The van der Waals surface area contributed by atoms with Crippen LogP contribution >= 0.6 is 0 Å². The fourth-order valence-electron chi connectivity index (χ4n) is 4.41. The van der Waals surface area contributed by atoms with Gasteiger partial charge in [-0.2, -0.15) is 0 Å². The van der Waals surface area contributed by atoms with Gasteiger partial charge in [-0.1, -0.05) is 24.6 Å². The summed E-state index contributed by atoms with van der Waals surface area (Å²) in [7, 11) is 0. The van der Waals surface area contributed by atoms with Crippen LogP contribution in [0.3, 0.4) is 0 Å². The molecule has 2 heterocycles. The van der Waals surface area contributed by atoms with Gasteiger partial charge in [0.15, 0.2) is 0 Å². The van der Waals surface area contributed by atoms with E-state index in [0.29, 0.717) is 0 Å². The lowest BCUT2D eigenvalue weighted by molar-refractivity contribution is 0.231. The van der Waals surface area contributed by atoms with Gasteiger partial charge in [0.25, 0.3) is 0 Å². The molecular formula is C15H19N. The van der Waals surface area contributed by atoms with Gasteiger partial charge in [-0.05, 0) is 43.2 Å². The topological polar surface area (TPSA) is 3.24 Å². The first kappa shape index (κ1) is 9.09. The first-order valence-corrected chi connectivity index (χ1v) is 6.81. The lowest BCUT2D eigenvalue weighted by Crippen LogP contribution is -2.46. The standard InChI is InChI=1S/C15H19N/c1-2-9-14-12(7-1)13-8-3-5-11-6-4-10-16(14)15(11)13/h1-2,7,9,11,13,15H,3-6,8,10H2/t11-,13+,15+/m1/s1. The van der Waals surface area contributed by atoms with Crippen molar-refractivity contribution in [2.45, 2.75) is 44.1 Å². The van der Waals surface area contributed by atoms with Gasteiger partial charge in [-0.15, -0.1) is 0 Å². The maximum absolute atomic E-state index is 2.73. The molecule has 1 aromatic rings. The zero-order valence-electron chi connectivity index (χ0n) is 9.73. The van der Waals surface area contributed by atoms with Crippen LogP contribution in [0.5, 0.6) is 0 Å². The fourth-order valence-corrected chi connectivity index (χ4v) is 4.41. The molecule has 0 amide bonds. The second-order valence-electron chi connectivity index (χ2n) is 5.68. The highest BCUT2D eigenvalue weighted by Crippen LogP contribution is 2.52. The van der Waals surface area contributed by atoms with E-state index >= 15 is 0 Å². The van der Waals surface area contributed by atoms with Crippen molar-refractivity contribution in [2.24, 2.45) is 5.92 Å². The fraction of sp³-hybridized carbons (Fsp3) is 0.600. The monoisotopic (exact) mass is 213 g/mol. The molecule has 0 unspecified atom stereocenters. The summed E-state index contributed by atoms with van der Waals surface area (Å²) in [6.45, 7) is 1.30. The Morgan fingerprint density at radius 3 is 2.88 bits per heavy atom. The van der Waals surface area contributed by atoms with Crippen molar-refractivity contribution in [1.29, 1.82) is 0 Å². The molecule has 84 valence electrons. The molecule has 2 aliphatic heterocycles. The normalized spacial score (nSPS) is 35.8. The van der Waals surface area contributed by atoms with Crippen molar-refractivity contribution in [3.05, 3.63) is 29.8 Å². The van der Waals surface area contributed by atoms with Crippen LogP contribution in [0.15, 0.2) is 24.3 Å². The van der Waals surface area contributed by atoms with Crippen LogP contribution in [-0.2, 0) is 0 Å². The van der Waals surface area contributed by atoms with E-state index in [1.807, 2.05) is 0 Å². The molecule has 3 aliphatic rings. The van der Waals surface area contributed by atoms with Crippen LogP contribution in [-0.4, -0.2) is 12.6 Å². The average Bonchev–Trinajstić information content (AvgIpc) is 2.68. The molecule has 2 fully saturated rings. The largest absolute Gasteiger partial charge is 0.367 e.